The van der Waals surface area contributed by atoms with Crippen LogP contribution in [0.1, 0.15) is 16.7 Å². The maximum absolute atomic E-state index is 5.70. The molecule has 4 heteroatoms. The normalized spacial score (nSPS) is 17.6. The van der Waals surface area contributed by atoms with Gasteiger partial charge in [-0.05, 0) is 48.7 Å². The number of nitrogens with zero attached hydrogens (tertiary/aromatic N) is 2. The molecule has 2 aromatic rings. The quantitative estimate of drug-likeness (QED) is 0.856. The third kappa shape index (κ3) is 3.59. The monoisotopic (exact) mass is 338 g/mol. The van der Waals surface area contributed by atoms with Crippen molar-refractivity contribution in [3.05, 3.63) is 53.1 Å². The van der Waals surface area contributed by atoms with Gasteiger partial charge in [0.25, 0.3) is 0 Å². The minimum Gasteiger partial charge on any atom is -0.486 e. The summed E-state index contributed by atoms with van der Waals surface area (Å²) in [5.41, 5.74) is 5.38. The van der Waals surface area contributed by atoms with Crippen LogP contribution in [0.25, 0.3) is 0 Å². The minimum atomic E-state index is 0.644. The van der Waals surface area contributed by atoms with Crippen LogP contribution in [0.2, 0.25) is 0 Å². The summed E-state index contributed by atoms with van der Waals surface area (Å²) in [6.45, 7) is 11.0. The van der Waals surface area contributed by atoms with Crippen molar-refractivity contribution in [2.24, 2.45) is 0 Å². The zero-order chi connectivity index (χ0) is 17.2. The molecule has 0 N–H and O–H groups in total. The van der Waals surface area contributed by atoms with E-state index in [1.807, 2.05) is 6.07 Å². The Morgan fingerprint density at radius 1 is 0.840 bits per heavy atom. The van der Waals surface area contributed by atoms with Gasteiger partial charge in [-0.3, -0.25) is 4.90 Å². The van der Waals surface area contributed by atoms with Gasteiger partial charge in [-0.1, -0.05) is 18.2 Å². The van der Waals surface area contributed by atoms with Gasteiger partial charge in [-0.15, -0.1) is 0 Å². The number of ether oxygens (including phenoxy) is 2. The standard InChI is InChI=1S/C21H26N2O2/c1-16-3-4-17(2)19(13-16)23-9-7-22(8-10-23)15-18-5-6-20-21(14-18)25-12-11-24-20/h3-6,13-14H,7-12,15H2,1-2H3. The number of rotatable bonds is 3. The number of benzene rings is 2. The molecule has 0 spiro atoms. The Labute approximate surface area is 150 Å². The molecule has 0 aromatic heterocycles. The third-order valence-electron chi connectivity index (χ3n) is 5.09. The molecule has 25 heavy (non-hydrogen) atoms. The van der Waals surface area contributed by atoms with Crippen LogP contribution < -0.4 is 14.4 Å². The van der Waals surface area contributed by atoms with Crippen molar-refractivity contribution in [1.29, 1.82) is 0 Å². The van der Waals surface area contributed by atoms with Crippen LogP contribution in [0.3, 0.4) is 0 Å². The summed E-state index contributed by atoms with van der Waals surface area (Å²) in [6, 6.07) is 13.1. The molecule has 0 saturated carbocycles. The summed E-state index contributed by atoms with van der Waals surface area (Å²) >= 11 is 0. The molecular weight excluding hydrogens is 312 g/mol. The SMILES string of the molecule is Cc1ccc(C)c(N2CCN(Cc3ccc4c(c3)OCCO4)CC2)c1. The van der Waals surface area contributed by atoms with Crippen molar-refractivity contribution in [2.45, 2.75) is 20.4 Å². The number of fused-ring (bicyclic) bond motifs is 1. The lowest BCUT2D eigenvalue weighted by Gasteiger charge is -2.37. The summed E-state index contributed by atoms with van der Waals surface area (Å²) in [4.78, 5) is 5.04. The zero-order valence-corrected chi connectivity index (χ0v) is 15.1. The summed E-state index contributed by atoms with van der Waals surface area (Å²) in [5.74, 6) is 1.76. The van der Waals surface area contributed by atoms with Crippen LogP contribution in [0.5, 0.6) is 11.5 Å². The molecule has 0 aliphatic carbocycles. The van der Waals surface area contributed by atoms with E-state index in [1.165, 1.54) is 22.4 Å². The summed E-state index contributed by atoms with van der Waals surface area (Å²) in [5, 5.41) is 0. The smallest absolute Gasteiger partial charge is 0.161 e. The molecule has 4 rings (SSSR count). The van der Waals surface area contributed by atoms with Gasteiger partial charge in [0.1, 0.15) is 13.2 Å². The Morgan fingerprint density at radius 2 is 1.60 bits per heavy atom. The van der Waals surface area contributed by atoms with Crippen LogP contribution in [0.15, 0.2) is 36.4 Å². The lowest BCUT2D eigenvalue weighted by atomic mass is 10.1. The lowest BCUT2D eigenvalue weighted by Crippen LogP contribution is -2.46. The van der Waals surface area contributed by atoms with Crippen LogP contribution in [0, 0.1) is 13.8 Å². The average Bonchev–Trinajstić information content (AvgIpc) is 2.64. The molecule has 1 fully saturated rings. The van der Waals surface area contributed by atoms with E-state index in [9.17, 15) is 0 Å². The maximum Gasteiger partial charge on any atom is 0.161 e. The fraction of sp³-hybridized carbons (Fsp3) is 0.429. The van der Waals surface area contributed by atoms with Crippen molar-refractivity contribution < 1.29 is 9.47 Å². The van der Waals surface area contributed by atoms with E-state index in [2.05, 4.69) is 54.0 Å². The van der Waals surface area contributed by atoms with Crippen LogP contribution in [-0.2, 0) is 6.54 Å². The minimum absolute atomic E-state index is 0.644. The van der Waals surface area contributed by atoms with Crippen molar-refractivity contribution in [2.75, 3.05) is 44.3 Å². The number of aryl methyl sites for hydroxylation is 2. The topological polar surface area (TPSA) is 24.9 Å². The molecule has 2 aromatic carbocycles. The van der Waals surface area contributed by atoms with E-state index in [0.717, 1.165) is 44.2 Å². The van der Waals surface area contributed by atoms with Gasteiger partial charge < -0.3 is 14.4 Å². The molecular formula is C21H26N2O2. The van der Waals surface area contributed by atoms with Crippen molar-refractivity contribution >= 4 is 5.69 Å². The zero-order valence-electron chi connectivity index (χ0n) is 15.1. The summed E-state index contributed by atoms with van der Waals surface area (Å²) < 4.78 is 11.3. The van der Waals surface area contributed by atoms with Gasteiger partial charge in [0.05, 0.1) is 0 Å². The molecule has 0 amide bonds. The van der Waals surface area contributed by atoms with E-state index in [4.69, 9.17) is 9.47 Å². The summed E-state index contributed by atoms with van der Waals surface area (Å²) in [6.07, 6.45) is 0. The Morgan fingerprint density at radius 3 is 2.40 bits per heavy atom. The first-order chi connectivity index (χ1) is 12.2. The van der Waals surface area contributed by atoms with Crippen molar-refractivity contribution in [1.82, 2.24) is 4.90 Å². The second-order valence-electron chi connectivity index (χ2n) is 7.03. The molecule has 0 radical (unpaired) electrons. The van der Waals surface area contributed by atoms with Gasteiger partial charge in [0, 0.05) is 38.4 Å². The fourth-order valence-electron chi connectivity index (χ4n) is 3.65. The van der Waals surface area contributed by atoms with Crippen LogP contribution >= 0.6 is 0 Å². The second-order valence-corrected chi connectivity index (χ2v) is 7.03. The highest BCUT2D eigenvalue weighted by Crippen LogP contribution is 2.31. The Hall–Kier alpha value is -2.20. The third-order valence-corrected chi connectivity index (χ3v) is 5.09. The summed E-state index contributed by atoms with van der Waals surface area (Å²) in [7, 11) is 0. The molecule has 2 aliphatic rings. The highest BCUT2D eigenvalue weighted by Gasteiger charge is 2.19. The van der Waals surface area contributed by atoms with Gasteiger partial charge in [0.15, 0.2) is 11.5 Å². The number of hydrogen-bond donors (Lipinski definition) is 0. The van der Waals surface area contributed by atoms with E-state index in [-0.39, 0.29) is 0 Å². The van der Waals surface area contributed by atoms with Crippen molar-refractivity contribution in [3.8, 4) is 11.5 Å². The molecule has 4 nitrogen and oxygen atoms in total. The average molecular weight is 338 g/mol. The number of anilines is 1. The molecule has 0 atom stereocenters. The predicted octanol–water partition coefficient (Wildman–Crippen LogP) is 3.40. The first-order valence-corrected chi connectivity index (χ1v) is 9.12. The highest BCUT2D eigenvalue weighted by molar-refractivity contribution is 5.55. The van der Waals surface area contributed by atoms with Gasteiger partial charge in [0.2, 0.25) is 0 Å². The maximum atomic E-state index is 5.70. The predicted molar refractivity (Wildman–Crippen MR) is 101 cm³/mol. The first kappa shape index (κ1) is 16.3. The molecule has 132 valence electrons. The molecule has 0 bridgehead atoms. The van der Waals surface area contributed by atoms with Crippen LogP contribution in [-0.4, -0.2) is 44.3 Å². The van der Waals surface area contributed by atoms with E-state index in [1.54, 1.807) is 0 Å². The lowest BCUT2D eigenvalue weighted by molar-refractivity contribution is 0.171. The fourth-order valence-corrected chi connectivity index (χ4v) is 3.65. The van der Waals surface area contributed by atoms with Crippen LogP contribution in [0.4, 0.5) is 5.69 Å². The van der Waals surface area contributed by atoms with Gasteiger partial charge in [-0.25, -0.2) is 0 Å². The van der Waals surface area contributed by atoms with E-state index >= 15 is 0 Å². The Bertz CT molecular complexity index is 752. The van der Waals surface area contributed by atoms with Gasteiger partial charge >= 0.3 is 0 Å². The second kappa shape index (κ2) is 6.96. The molecule has 0 unspecified atom stereocenters. The molecule has 1 saturated heterocycles. The highest BCUT2D eigenvalue weighted by atomic mass is 16.6. The number of hydrogen-bond acceptors (Lipinski definition) is 4. The van der Waals surface area contributed by atoms with Gasteiger partial charge in [-0.2, -0.15) is 0 Å². The largest absolute Gasteiger partial charge is 0.486 e. The van der Waals surface area contributed by atoms with E-state index < -0.39 is 0 Å². The molecule has 2 heterocycles. The molecule has 2 aliphatic heterocycles. The Balaban J connectivity index is 1.38. The van der Waals surface area contributed by atoms with E-state index in [0.29, 0.717) is 13.2 Å². The first-order valence-electron chi connectivity index (χ1n) is 9.12. The Kier molecular flexibility index (Phi) is 4.53. The van der Waals surface area contributed by atoms with Crippen molar-refractivity contribution in [3.63, 3.8) is 0 Å². The number of piperazine rings is 1.